The second-order valence-electron chi connectivity index (χ2n) is 8.56. The van der Waals surface area contributed by atoms with E-state index in [1.165, 1.54) is 0 Å². The number of aliphatic hydroxyl groups excluding tert-OH is 2. The standard InChI is InChI=1S/C25H38N4O8/c1-2-3-4-5-9-12-22(33)29(20(25(36)37)13-17-10-7-6-8-11-17)24(35)19(16-31)28-23(34)18(15-30)27-21(32)14-26/h6-8,10-11,18-20,30-31H,2-5,9,12-16,26H2,1H3,(H,27,32)(H,28,34)(H,36,37)/t18-,19-,20-/m0/s1. The third-order valence-electron chi connectivity index (χ3n) is 5.69. The number of amides is 4. The number of carboxylic acids is 1. The van der Waals surface area contributed by atoms with Crippen molar-refractivity contribution in [3.63, 3.8) is 0 Å². The number of aliphatic hydroxyl groups is 2. The Balaban J connectivity index is 3.20. The van der Waals surface area contributed by atoms with Gasteiger partial charge in [-0.1, -0.05) is 62.9 Å². The zero-order valence-corrected chi connectivity index (χ0v) is 21.1. The lowest BCUT2D eigenvalue weighted by atomic mass is 10.0. The lowest BCUT2D eigenvalue weighted by Crippen LogP contribution is -2.60. The monoisotopic (exact) mass is 522 g/mol. The third-order valence-corrected chi connectivity index (χ3v) is 5.69. The Morgan fingerprint density at radius 3 is 2.08 bits per heavy atom. The molecule has 0 unspecified atom stereocenters. The van der Waals surface area contributed by atoms with E-state index in [9.17, 15) is 39.3 Å². The van der Waals surface area contributed by atoms with Crippen molar-refractivity contribution >= 4 is 29.6 Å². The lowest BCUT2D eigenvalue weighted by Gasteiger charge is -2.31. The van der Waals surface area contributed by atoms with E-state index in [1.807, 2.05) is 6.92 Å². The fraction of sp³-hybridized carbons (Fsp3) is 0.560. The Kier molecular flexibility index (Phi) is 14.7. The molecule has 206 valence electrons. The summed E-state index contributed by atoms with van der Waals surface area (Å²) >= 11 is 0. The van der Waals surface area contributed by atoms with Crippen LogP contribution in [0.2, 0.25) is 0 Å². The molecule has 0 heterocycles. The average molecular weight is 523 g/mol. The van der Waals surface area contributed by atoms with E-state index in [1.54, 1.807) is 30.3 Å². The Bertz CT molecular complexity index is 896. The number of rotatable bonds is 17. The summed E-state index contributed by atoms with van der Waals surface area (Å²) in [6, 6.07) is 3.68. The van der Waals surface area contributed by atoms with Crippen molar-refractivity contribution in [2.75, 3.05) is 19.8 Å². The van der Waals surface area contributed by atoms with Gasteiger partial charge in [0.15, 0.2) is 0 Å². The molecule has 0 radical (unpaired) electrons. The van der Waals surface area contributed by atoms with Gasteiger partial charge in [0, 0.05) is 12.8 Å². The molecule has 0 fully saturated rings. The predicted molar refractivity (Wildman–Crippen MR) is 134 cm³/mol. The van der Waals surface area contributed by atoms with Gasteiger partial charge < -0.3 is 31.7 Å². The van der Waals surface area contributed by atoms with Gasteiger partial charge in [0.25, 0.3) is 5.91 Å². The first-order valence-electron chi connectivity index (χ1n) is 12.3. The maximum Gasteiger partial charge on any atom is 0.327 e. The van der Waals surface area contributed by atoms with Crippen LogP contribution >= 0.6 is 0 Å². The smallest absolute Gasteiger partial charge is 0.327 e. The largest absolute Gasteiger partial charge is 0.480 e. The van der Waals surface area contributed by atoms with E-state index in [0.717, 1.165) is 25.7 Å². The third kappa shape index (κ3) is 10.7. The molecule has 0 saturated heterocycles. The molecule has 12 heteroatoms. The lowest BCUT2D eigenvalue weighted by molar-refractivity contribution is -0.160. The van der Waals surface area contributed by atoms with Gasteiger partial charge in [-0.05, 0) is 12.0 Å². The van der Waals surface area contributed by atoms with Crippen LogP contribution in [0.5, 0.6) is 0 Å². The number of nitrogens with zero attached hydrogens (tertiary/aromatic N) is 1. The second-order valence-corrected chi connectivity index (χ2v) is 8.56. The molecule has 0 aliphatic rings. The summed E-state index contributed by atoms with van der Waals surface area (Å²) in [6.45, 7) is -0.188. The number of aliphatic carboxylic acids is 1. The molecular formula is C25H38N4O8. The van der Waals surface area contributed by atoms with Crippen LogP contribution in [-0.2, 0) is 30.4 Å². The highest BCUT2D eigenvalue weighted by atomic mass is 16.4. The minimum atomic E-state index is -1.70. The van der Waals surface area contributed by atoms with Crippen molar-refractivity contribution in [1.82, 2.24) is 15.5 Å². The number of carboxylic acid groups (broad SMARTS) is 1. The number of imide groups is 1. The van der Waals surface area contributed by atoms with Gasteiger partial charge in [-0.15, -0.1) is 0 Å². The number of unbranched alkanes of at least 4 members (excludes halogenated alkanes) is 4. The minimum Gasteiger partial charge on any atom is -0.480 e. The molecule has 0 saturated carbocycles. The van der Waals surface area contributed by atoms with Crippen LogP contribution < -0.4 is 16.4 Å². The number of nitrogens with two attached hydrogens (primary N) is 1. The summed E-state index contributed by atoms with van der Waals surface area (Å²) in [6.07, 6.45) is 3.75. The molecule has 4 amide bonds. The van der Waals surface area contributed by atoms with E-state index >= 15 is 0 Å². The van der Waals surface area contributed by atoms with Gasteiger partial charge >= 0.3 is 5.97 Å². The summed E-state index contributed by atoms with van der Waals surface area (Å²) in [5.74, 6) is -5.04. The Labute approximate surface area is 216 Å². The normalized spacial score (nSPS) is 13.2. The average Bonchev–Trinajstić information content (AvgIpc) is 2.89. The first kappa shape index (κ1) is 31.7. The Morgan fingerprint density at radius 2 is 1.54 bits per heavy atom. The number of carbonyl (C=O) groups excluding carboxylic acids is 4. The van der Waals surface area contributed by atoms with E-state index in [-0.39, 0.29) is 12.8 Å². The molecule has 7 N–H and O–H groups in total. The van der Waals surface area contributed by atoms with Crippen LogP contribution in [0.4, 0.5) is 0 Å². The molecule has 0 spiro atoms. The summed E-state index contributed by atoms with van der Waals surface area (Å²) < 4.78 is 0. The van der Waals surface area contributed by atoms with Crippen molar-refractivity contribution in [2.45, 2.75) is 70.0 Å². The van der Waals surface area contributed by atoms with Crippen molar-refractivity contribution in [1.29, 1.82) is 0 Å². The van der Waals surface area contributed by atoms with Gasteiger partial charge in [0.05, 0.1) is 19.8 Å². The van der Waals surface area contributed by atoms with Crippen LogP contribution in [0.25, 0.3) is 0 Å². The summed E-state index contributed by atoms with van der Waals surface area (Å²) in [7, 11) is 0. The van der Waals surface area contributed by atoms with Gasteiger partial charge in [-0.2, -0.15) is 0 Å². The number of benzene rings is 1. The first-order chi connectivity index (χ1) is 17.7. The van der Waals surface area contributed by atoms with Crippen molar-refractivity contribution in [2.24, 2.45) is 5.73 Å². The van der Waals surface area contributed by atoms with Crippen LogP contribution in [0.1, 0.15) is 51.0 Å². The molecule has 3 atom stereocenters. The molecule has 0 aromatic heterocycles. The fourth-order valence-corrected chi connectivity index (χ4v) is 3.65. The summed E-state index contributed by atoms with van der Waals surface area (Å²) in [4.78, 5) is 63.5. The highest BCUT2D eigenvalue weighted by molar-refractivity contribution is 6.03. The zero-order valence-electron chi connectivity index (χ0n) is 21.1. The van der Waals surface area contributed by atoms with Gasteiger partial charge in [0.1, 0.15) is 18.1 Å². The van der Waals surface area contributed by atoms with E-state index < -0.39 is 67.5 Å². The molecule has 0 aliphatic heterocycles. The van der Waals surface area contributed by atoms with Gasteiger partial charge in [0.2, 0.25) is 17.7 Å². The first-order valence-corrected chi connectivity index (χ1v) is 12.3. The SMILES string of the molecule is CCCCCCCC(=O)N(C(=O)[C@H](CO)NC(=O)[C@H](CO)NC(=O)CN)[C@@H](Cc1ccccc1)C(=O)O. The second kappa shape index (κ2) is 17.2. The molecule has 12 nitrogen and oxygen atoms in total. The van der Waals surface area contributed by atoms with E-state index in [0.29, 0.717) is 16.9 Å². The maximum absolute atomic E-state index is 13.4. The number of hydrogen-bond acceptors (Lipinski definition) is 8. The number of hydrogen-bond donors (Lipinski definition) is 6. The predicted octanol–water partition coefficient (Wildman–Crippen LogP) is -0.689. The van der Waals surface area contributed by atoms with Crippen molar-refractivity contribution < 1.29 is 39.3 Å². The topological polar surface area (TPSA) is 199 Å². The summed E-state index contributed by atoms with van der Waals surface area (Å²) in [5.41, 5.74) is 5.76. The van der Waals surface area contributed by atoms with Crippen LogP contribution in [0, 0.1) is 0 Å². The maximum atomic E-state index is 13.4. The van der Waals surface area contributed by atoms with E-state index in [2.05, 4.69) is 10.6 Å². The van der Waals surface area contributed by atoms with Crippen molar-refractivity contribution in [3.05, 3.63) is 35.9 Å². The molecular weight excluding hydrogens is 484 g/mol. The molecule has 37 heavy (non-hydrogen) atoms. The van der Waals surface area contributed by atoms with E-state index in [4.69, 9.17) is 5.73 Å². The Hall–Kier alpha value is -3.35. The summed E-state index contributed by atoms with van der Waals surface area (Å²) in [5, 5.41) is 33.6. The van der Waals surface area contributed by atoms with Gasteiger partial charge in [-0.25, -0.2) is 4.79 Å². The molecule has 1 aromatic rings. The highest BCUT2D eigenvalue weighted by Gasteiger charge is 2.39. The Morgan fingerprint density at radius 1 is 0.919 bits per heavy atom. The number of carbonyl (C=O) groups is 5. The molecule has 0 aliphatic carbocycles. The van der Waals surface area contributed by atoms with Crippen LogP contribution in [-0.4, -0.2) is 87.7 Å². The van der Waals surface area contributed by atoms with Crippen molar-refractivity contribution in [3.8, 4) is 0 Å². The molecule has 0 bridgehead atoms. The van der Waals surface area contributed by atoms with Crippen LogP contribution in [0.3, 0.4) is 0 Å². The number of nitrogens with one attached hydrogen (secondary N) is 2. The van der Waals surface area contributed by atoms with Gasteiger partial charge in [-0.3, -0.25) is 24.1 Å². The fourth-order valence-electron chi connectivity index (χ4n) is 3.65. The zero-order chi connectivity index (χ0) is 27.8. The minimum absolute atomic E-state index is 0.0913. The quantitative estimate of drug-likeness (QED) is 0.143. The molecule has 1 rings (SSSR count). The highest BCUT2D eigenvalue weighted by Crippen LogP contribution is 2.16. The molecule has 1 aromatic carbocycles. The van der Waals surface area contributed by atoms with Crippen LogP contribution in [0.15, 0.2) is 30.3 Å².